The molecule has 2 rings (SSSR count). The molecule has 0 radical (unpaired) electrons. The lowest BCUT2D eigenvalue weighted by Gasteiger charge is -2.25. The highest BCUT2D eigenvalue weighted by molar-refractivity contribution is 5.20. The lowest BCUT2D eigenvalue weighted by atomic mass is 9.81. The van der Waals surface area contributed by atoms with E-state index in [1.54, 1.807) is 0 Å². The van der Waals surface area contributed by atoms with Crippen LogP contribution < -0.4 is 5.32 Å². The van der Waals surface area contributed by atoms with Crippen LogP contribution in [-0.4, -0.2) is 12.6 Å². The van der Waals surface area contributed by atoms with E-state index in [0.717, 1.165) is 18.1 Å². The Morgan fingerprint density at radius 2 is 2.31 bits per heavy atom. The average molecular weight is 179 g/mol. The molecule has 13 heavy (non-hydrogen) atoms. The van der Waals surface area contributed by atoms with Crippen molar-refractivity contribution in [2.75, 3.05) is 6.54 Å². The van der Waals surface area contributed by atoms with Crippen molar-refractivity contribution in [1.82, 2.24) is 5.32 Å². The summed E-state index contributed by atoms with van der Waals surface area (Å²) in [6, 6.07) is 4.67. The molecule has 1 saturated heterocycles. The van der Waals surface area contributed by atoms with Gasteiger partial charge in [0.25, 0.3) is 0 Å². The first-order valence-electron chi connectivity index (χ1n) is 4.93. The van der Waals surface area contributed by atoms with Crippen molar-refractivity contribution < 1.29 is 4.42 Å². The van der Waals surface area contributed by atoms with Crippen LogP contribution in [0.3, 0.4) is 0 Å². The Morgan fingerprint density at radius 3 is 2.77 bits per heavy atom. The summed E-state index contributed by atoms with van der Waals surface area (Å²) >= 11 is 0. The van der Waals surface area contributed by atoms with E-state index >= 15 is 0 Å². The van der Waals surface area contributed by atoms with Crippen molar-refractivity contribution in [2.24, 2.45) is 0 Å². The minimum atomic E-state index is 0.189. The van der Waals surface area contributed by atoms with E-state index in [2.05, 4.69) is 25.2 Å². The molecule has 0 amide bonds. The van der Waals surface area contributed by atoms with Crippen LogP contribution in [0, 0.1) is 6.92 Å². The molecule has 2 atom stereocenters. The molecule has 1 N–H and O–H groups in total. The van der Waals surface area contributed by atoms with Gasteiger partial charge in [0.2, 0.25) is 0 Å². The summed E-state index contributed by atoms with van der Waals surface area (Å²) in [5.41, 5.74) is 0.189. The molecule has 1 fully saturated rings. The minimum absolute atomic E-state index is 0.189. The molecule has 0 spiro atoms. The predicted molar refractivity (Wildman–Crippen MR) is 52.9 cm³/mol. The Labute approximate surface area is 79.3 Å². The van der Waals surface area contributed by atoms with Gasteiger partial charge in [-0.05, 0) is 38.9 Å². The zero-order chi connectivity index (χ0) is 9.47. The highest BCUT2D eigenvalue weighted by atomic mass is 16.3. The standard InChI is InChI=1S/C11H17NO/c1-8-4-5-10(13-8)11(3)6-7-12-9(11)2/h4-5,9,12H,6-7H2,1-3H3. The maximum atomic E-state index is 5.70. The fourth-order valence-corrected chi connectivity index (χ4v) is 2.07. The summed E-state index contributed by atoms with van der Waals surface area (Å²) < 4.78 is 5.70. The van der Waals surface area contributed by atoms with Gasteiger partial charge in [0.05, 0.1) is 0 Å². The summed E-state index contributed by atoms with van der Waals surface area (Å²) in [4.78, 5) is 0. The Balaban J connectivity index is 2.33. The molecule has 2 heteroatoms. The van der Waals surface area contributed by atoms with Crippen molar-refractivity contribution in [3.63, 3.8) is 0 Å². The van der Waals surface area contributed by atoms with Gasteiger partial charge in [-0.15, -0.1) is 0 Å². The van der Waals surface area contributed by atoms with E-state index in [4.69, 9.17) is 4.42 Å². The Hall–Kier alpha value is -0.760. The van der Waals surface area contributed by atoms with Crippen molar-refractivity contribution in [3.8, 4) is 0 Å². The van der Waals surface area contributed by atoms with E-state index in [9.17, 15) is 0 Å². The summed E-state index contributed by atoms with van der Waals surface area (Å²) in [7, 11) is 0. The van der Waals surface area contributed by atoms with Gasteiger partial charge in [-0.2, -0.15) is 0 Å². The van der Waals surface area contributed by atoms with Crippen molar-refractivity contribution in [1.29, 1.82) is 0 Å². The minimum Gasteiger partial charge on any atom is -0.466 e. The van der Waals surface area contributed by atoms with Gasteiger partial charge in [-0.3, -0.25) is 0 Å². The highest BCUT2D eigenvalue weighted by Gasteiger charge is 2.39. The SMILES string of the molecule is Cc1ccc(C2(C)CCNC2C)o1. The van der Waals surface area contributed by atoms with Crippen LogP contribution >= 0.6 is 0 Å². The van der Waals surface area contributed by atoms with Crippen molar-refractivity contribution in [2.45, 2.75) is 38.6 Å². The number of furan rings is 1. The summed E-state index contributed by atoms with van der Waals surface area (Å²) in [6.45, 7) is 7.60. The smallest absolute Gasteiger partial charge is 0.111 e. The molecular formula is C11H17NO. The molecule has 0 aliphatic carbocycles. The van der Waals surface area contributed by atoms with Crippen LogP contribution in [0.15, 0.2) is 16.5 Å². The molecule has 0 saturated carbocycles. The Bertz CT molecular complexity index is 305. The van der Waals surface area contributed by atoms with Gasteiger partial charge < -0.3 is 9.73 Å². The summed E-state index contributed by atoms with van der Waals surface area (Å²) in [5.74, 6) is 2.14. The number of hydrogen-bond donors (Lipinski definition) is 1. The first-order chi connectivity index (χ1) is 6.13. The van der Waals surface area contributed by atoms with E-state index < -0.39 is 0 Å². The van der Waals surface area contributed by atoms with Crippen molar-refractivity contribution >= 4 is 0 Å². The number of nitrogens with one attached hydrogen (secondary N) is 1. The molecule has 2 unspecified atom stereocenters. The fourth-order valence-electron chi connectivity index (χ4n) is 2.07. The third-order valence-electron chi connectivity index (χ3n) is 3.35. The molecule has 72 valence electrons. The average Bonchev–Trinajstić information content (AvgIpc) is 2.62. The predicted octanol–water partition coefficient (Wildman–Crippen LogP) is 2.23. The third-order valence-corrected chi connectivity index (χ3v) is 3.35. The molecule has 0 aromatic carbocycles. The second kappa shape index (κ2) is 2.88. The first kappa shape index (κ1) is 8.82. The van der Waals surface area contributed by atoms with Gasteiger partial charge in [-0.1, -0.05) is 6.92 Å². The number of aryl methyl sites for hydroxylation is 1. The molecule has 1 aromatic rings. The van der Waals surface area contributed by atoms with Crippen molar-refractivity contribution in [3.05, 3.63) is 23.7 Å². The van der Waals surface area contributed by atoms with Crippen LogP contribution in [0.25, 0.3) is 0 Å². The molecule has 1 aromatic heterocycles. The first-order valence-corrected chi connectivity index (χ1v) is 4.93. The van der Waals surface area contributed by atoms with E-state index in [1.165, 1.54) is 6.42 Å². The Kier molecular flexibility index (Phi) is 1.95. The zero-order valence-corrected chi connectivity index (χ0v) is 8.55. The lowest BCUT2D eigenvalue weighted by Crippen LogP contribution is -2.34. The second-order valence-corrected chi connectivity index (χ2v) is 4.25. The highest BCUT2D eigenvalue weighted by Crippen LogP contribution is 2.35. The maximum Gasteiger partial charge on any atom is 0.111 e. The lowest BCUT2D eigenvalue weighted by molar-refractivity contribution is 0.328. The van der Waals surface area contributed by atoms with Crippen LogP contribution in [0.1, 0.15) is 31.8 Å². The van der Waals surface area contributed by atoms with Gasteiger partial charge in [0.1, 0.15) is 11.5 Å². The molecule has 0 bridgehead atoms. The largest absolute Gasteiger partial charge is 0.466 e. The molecule has 1 aliphatic rings. The van der Waals surface area contributed by atoms with Gasteiger partial charge >= 0.3 is 0 Å². The Morgan fingerprint density at radius 1 is 1.54 bits per heavy atom. The zero-order valence-electron chi connectivity index (χ0n) is 8.55. The van der Waals surface area contributed by atoms with Crippen LogP contribution in [0.2, 0.25) is 0 Å². The van der Waals surface area contributed by atoms with Crippen LogP contribution in [0.4, 0.5) is 0 Å². The molecule has 2 nitrogen and oxygen atoms in total. The van der Waals surface area contributed by atoms with Gasteiger partial charge in [-0.25, -0.2) is 0 Å². The van der Waals surface area contributed by atoms with Crippen LogP contribution in [-0.2, 0) is 5.41 Å². The number of hydrogen-bond acceptors (Lipinski definition) is 2. The third kappa shape index (κ3) is 1.29. The molecule has 1 aliphatic heterocycles. The number of rotatable bonds is 1. The molecular weight excluding hydrogens is 162 g/mol. The van der Waals surface area contributed by atoms with Gasteiger partial charge in [0, 0.05) is 11.5 Å². The van der Waals surface area contributed by atoms with Gasteiger partial charge in [0.15, 0.2) is 0 Å². The summed E-state index contributed by atoms with van der Waals surface area (Å²) in [5, 5.41) is 3.46. The topological polar surface area (TPSA) is 25.2 Å². The fraction of sp³-hybridized carbons (Fsp3) is 0.636. The van der Waals surface area contributed by atoms with E-state index in [-0.39, 0.29) is 5.41 Å². The van der Waals surface area contributed by atoms with E-state index in [1.807, 2.05) is 13.0 Å². The quantitative estimate of drug-likeness (QED) is 0.715. The normalized spacial score (nSPS) is 33.9. The van der Waals surface area contributed by atoms with Crippen LogP contribution in [0.5, 0.6) is 0 Å². The maximum absolute atomic E-state index is 5.70. The van der Waals surface area contributed by atoms with E-state index in [0.29, 0.717) is 6.04 Å². The summed E-state index contributed by atoms with van der Waals surface area (Å²) in [6.07, 6.45) is 1.17. The monoisotopic (exact) mass is 179 g/mol. The molecule has 2 heterocycles. The second-order valence-electron chi connectivity index (χ2n) is 4.25.